The number of nitrogens with zero attached hydrogens (tertiary/aromatic N) is 1. The van der Waals surface area contributed by atoms with Crippen molar-refractivity contribution < 1.29 is 0 Å². The Balaban J connectivity index is 2.19. The first-order valence-electron chi connectivity index (χ1n) is 5.39. The number of aromatic nitrogens is 1. The highest BCUT2D eigenvalue weighted by atomic mass is 32.2. The molecule has 0 saturated carbocycles. The zero-order chi connectivity index (χ0) is 11.1. The molecule has 0 aliphatic carbocycles. The molecule has 0 radical (unpaired) electrons. The fraction of sp³-hybridized carbons (Fsp3) is 0.727. The van der Waals surface area contributed by atoms with Crippen LogP contribution in [0.15, 0.2) is 5.38 Å². The van der Waals surface area contributed by atoms with Crippen molar-refractivity contribution in [3.63, 3.8) is 0 Å². The van der Waals surface area contributed by atoms with Gasteiger partial charge in [-0.15, -0.1) is 11.3 Å². The minimum absolute atomic E-state index is 0.740. The molecule has 0 saturated heterocycles. The van der Waals surface area contributed by atoms with E-state index in [9.17, 15) is 0 Å². The van der Waals surface area contributed by atoms with E-state index in [1.54, 1.807) is 11.3 Å². The van der Waals surface area contributed by atoms with Crippen LogP contribution in [0.25, 0.3) is 0 Å². The number of thioether (sulfide) groups is 1. The average Bonchev–Trinajstić information content (AvgIpc) is 2.66. The molecule has 15 heavy (non-hydrogen) atoms. The van der Waals surface area contributed by atoms with Crippen LogP contribution in [-0.2, 0) is 13.0 Å². The van der Waals surface area contributed by atoms with Crippen molar-refractivity contribution in [1.29, 1.82) is 0 Å². The third-order valence-corrected chi connectivity index (χ3v) is 4.10. The Hall–Kier alpha value is -0.0600. The van der Waals surface area contributed by atoms with E-state index >= 15 is 0 Å². The first kappa shape index (κ1) is 13.0. The van der Waals surface area contributed by atoms with Crippen LogP contribution in [0.1, 0.15) is 24.5 Å². The number of thiazole rings is 1. The van der Waals surface area contributed by atoms with Gasteiger partial charge in [0, 0.05) is 11.9 Å². The van der Waals surface area contributed by atoms with E-state index in [1.807, 2.05) is 11.8 Å². The molecule has 4 heteroatoms. The fourth-order valence-electron chi connectivity index (χ4n) is 1.38. The van der Waals surface area contributed by atoms with Gasteiger partial charge in [0.2, 0.25) is 0 Å². The third kappa shape index (κ3) is 5.00. The van der Waals surface area contributed by atoms with Crippen LogP contribution in [0, 0.1) is 5.92 Å². The maximum atomic E-state index is 4.52. The molecule has 2 nitrogen and oxygen atoms in total. The third-order valence-electron chi connectivity index (χ3n) is 2.15. The normalized spacial score (nSPS) is 13.0. The summed E-state index contributed by atoms with van der Waals surface area (Å²) in [7, 11) is 0. The molecule has 1 N–H and O–H groups in total. The van der Waals surface area contributed by atoms with Crippen LogP contribution in [0.3, 0.4) is 0 Å². The molecule has 0 amide bonds. The van der Waals surface area contributed by atoms with Gasteiger partial charge in [-0.2, -0.15) is 11.8 Å². The molecule has 1 rings (SSSR count). The lowest BCUT2D eigenvalue weighted by Crippen LogP contribution is -2.22. The lowest BCUT2D eigenvalue weighted by Gasteiger charge is -2.09. The second-order valence-corrected chi connectivity index (χ2v) is 5.63. The molecule has 1 atom stereocenters. The summed E-state index contributed by atoms with van der Waals surface area (Å²) in [6.07, 6.45) is 3.21. The molecule has 86 valence electrons. The molecule has 0 aliphatic heterocycles. The van der Waals surface area contributed by atoms with Gasteiger partial charge in [-0.1, -0.05) is 13.8 Å². The molecule has 0 fully saturated rings. The Morgan fingerprint density at radius 2 is 2.40 bits per heavy atom. The fourth-order valence-corrected chi connectivity index (χ4v) is 2.81. The van der Waals surface area contributed by atoms with Crippen molar-refractivity contribution in [2.24, 2.45) is 5.92 Å². The molecular weight excluding hydrogens is 224 g/mol. The Kier molecular flexibility index (Phi) is 6.29. The SMILES string of the molecule is CCc1nc(CNCC(C)CSC)cs1. The highest BCUT2D eigenvalue weighted by Crippen LogP contribution is 2.10. The summed E-state index contributed by atoms with van der Waals surface area (Å²) >= 11 is 3.67. The summed E-state index contributed by atoms with van der Waals surface area (Å²) in [6.45, 7) is 6.42. The molecular formula is C11H20N2S2. The van der Waals surface area contributed by atoms with Crippen LogP contribution >= 0.6 is 23.1 Å². The van der Waals surface area contributed by atoms with Crippen molar-refractivity contribution in [2.75, 3.05) is 18.6 Å². The molecule has 0 spiro atoms. The van der Waals surface area contributed by atoms with Crippen LogP contribution in [0.4, 0.5) is 0 Å². The molecule has 1 unspecified atom stereocenters. The molecule has 1 aromatic heterocycles. The molecule has 1 heterocycles. The quantitative estimate of drug-likeness (QED) is 0.798. The Bertz CT molecular complexity index is 273. The van der Waals surface area contributed by atoms with Gasteiger partial charge in [0.25, 0.3) is 0 Å². The van der Waals surface area contributed by atoms with E-state index in [0.717, 1.165) is 25.4 Å². The van der Waals surface area contributed by atoms with Gasteiger partial charge in [-0.25, -0.2) is 4.98 Å². The topological polar surface area (TPSA) is 24.9 Å². The zero-order valence-corrected chi connectivity index (χ0v) is 11.4. The number of aryl methyl sites for hydroxylation is 1. The maximum absolute atomic E-state index is 4.52. The Labute approximate surface area is 101 Å². The van der Waals surface area contributed by atoms with Crippen LogP contribution in [0.2, 0.25) is 0 Å². The van der Waals surface area contributed by atoms with E-state index < -0.39 is 0 Å². The second kappa shape index (κ2) is 7.25. The van der Waals surface area contributed by atoms with Gasteiger partial charge in [0.1, 0.15) is 0 Å². The highest BCUT2D eigenvalue weighted by molar-refractivity contribution is 7.98. The summed E-state index contributed by atoms with van der Waals surface area (Å²) in [4.78, 5) is 4.52. The predicted molar refractivity (Wildman–Crippen MR) is 70.7 cm³/mol. The van der Waals surface area contributed by atoms with E-state index in [0.29, 0.717) is 0 Å². The van der Waals surface area contributed by atoms with Gasteiger partial charge < -0.3 is 5.32 Å². The van der Waals surface area contributed by atoms with Crippen molar-refractivity contribution in [3.8, 4) is 0 Å². The minimum Gasteiger partial charge on any atom is -0.311 e. The first-order valence-corrected chi connectivity index (χ1v) is 7.66. The van der Waals surface area contributed by atoms with E-state index in [1.165, 1.54) is 16.5 Å². The number of hydrogen-bond acceptors (Lipinski definition) is 4. The largest absolute Gasteiger partial charge is 0.311 e. The van der Waals surface area contributed by atoms with Crippen LogP contribution in [0.5, 0.6) is 0 Å². The van der Waals surface area contributed by atoms with E-state index in [-0.39, 0.29) is 0 Å². The molecule has 1 aromatic rings. The van der Waals surface area contributed by atoms with Crippen LogP contribution in [-0.4, -0.2) is 23.5 Å². The van der Waals surface area contributed by atoms with Gasteiger partial charge >= 0.3 is 0 Å². The van der Waals surface area contributed by atoms with Gasteiger partial charge in [0.15, 0.2) is 0 Å². The zero-order valence-electron chi connectivity index (χ0n) is 9.75. The number of nitrogens with one attached hydrogen (secondary N) is 1. The lowest BCUT2D eigenvalue weighted by molar-refractivity contribution is 0.555. The van der Waals surface area contributed by atoms with E-state index in [4.69, 9.17) is 0 Å². The number of hydrogen-bond donors (Lipinski definition) is 1. The van der Waals surface area contributed by atoms with Gasteiger partial charge in [-0.3, -0.25) is 0 Å². The highest BCUT2D eigenvalue weighted by Gasteiger charge is 2.02. The monoisotopic (exact) mass is 244 g/mol. The molecule has 0 bridgehead atoms. The van der Waals surface area contributed by atoms with Crippen molar-refractivity contribution in [2.45, 2.75) is 26.8 Å². The van der Waals surface area contributed by atoms with Gasteiger partial charge in [0.05, 0.1) is 10.7 Å². The minimum atomic E-state index is 0.740. The summed E-state index contributed by atoms with van der Waals surface area (Å²) < 4.78 is 0. The summed E-state index contributed by atoms with van der Waals surface area (Å²) in [5.74, 6) is 1.97. The standard InChI is InChI=1S/C11H20N2S2/c1-4-11-13-10(8-15-11)6-12-5-9(2)7-14-3/h8-9,12H,4-7H2,1-3H3. The number of rotatable bonds is 7. The molecule has 0 aliphatic rings. The van der Waals surface area contributed by atoms with Crippen molar-refractivity contribution in [3.05, 3.63) is 16.1 Å². The van der Waals surface area contributed by atoms with Crippen LogP contribution < -0.4 is 5.32 Å². The lowest BCUT2D eigenvalue weighted by atomic mass is 10.2. The smallest absolute Gasteiger partial charge is 0.0926 e. The summed E-state index contributed by atoms with van der Waals surface area (Å²) in [5, 5.41) is 6.85. The van der Waals surface area contributed by atoms with E-state index in [2.05, 4.69) is 35.8 Å². The molecule has 0 aromatic carbocycles. The summed E-state index contributed by atoms with van der Waals surface area (Å²) in [6, 6.07) is 0. The second-order valence-electron chi connectivity index (χ2n) is 3.78. The summed E-state index contributed by atoms with van der Waals surface area (Å²) in [5.41, 5.74) is 1.19. The van der Waals surface area contributed by atoms with Crippen molar-refractivity contribution in [1.82, 2.24) is 10.3 Å². The first-order chi connectivity index (χ1) is 7.26. The van der Waals surface area contributed by atoms with Crippen molar-refractivity contribution >= 4 is 23.1 Å². The predicted octanol–water partition coefficient (Wildman–Crippen LogP) is 2.79. The Morgan fingerprint density at radius 1 is 1.60 bits per heavy atom. The maximum Gasteiger partial charge on any atom is 0.0926 e. The average molecular weight is 244 g/mol. The Morgan fingerprint density at radius 3 is 3.00 bits per heavy atom. The van der Waals surface area contributed by atoms with Gasteiger partial charge in [-0.05, 0) is 30.9 Å².